The van der Waals surface area contributed by atoms with Crippen LogP contribution in [0.3, 0.4) is 0 Å². The van der Waals surface area contributed by atoms with Gasteiger partial charge in [0.15, 0.2) is 17.0 Å². The quantitative estimate of drug-likeness (QED) is 0.609. The lowest BCUT2D eigenvalue weighted by atomic mass is 9.64. The van der Waals surface area contributed by atoms with Gasteiger partial charge in [-0.3, -0.25) is 9.59 Å². The molecule has 2 aliphatic carbocycles. The van der Waals surface area contributed by atoms with E-state index in [4.69, 9.17) is 10.5 Å². The van der Waals surface area contributed by atoms with Crippen LogP contribution in [0.4, 0.5) is 5.69 Å². The van der Waals surface area contributed by atoms with Gasteiger partial charge in [0.05, 0.1) is 0 Å². The van der Waals surface area contributed by atoms with Crippen molar-refractivity contribution in [1.82, 2.24) is 0 Å². The normalized spacial score (nSPS) is 28.8. The third kappa shape index (κ3) is 2.13. The molecule has 4 aliphatic rings. The van der Waals surface area contributed by atoms with Gasteiger partial charge in [-0.2, -0.15) is 5.26 Å². The van der Waals surface area contributed by atoms with Crippen molar-refractivity contribution in [2.24, 2.45) is 16.6 Å². The highest BCUT2D eigenvalue weighted by atomic mass is 79.9. The van der Waals surface area contributed by atoms with Gasteiger partial charge in [0.2, 0.25) is 11.6 Å². The number of ether oxygens (including phenoxy) is 1. The molecule has 33 heavy (non-hydrogen) atoms. The fourth-order valence-electron chi connectivity index (χ4n) is 6.25. The number of halogens is 1. The zero-order chi connectivity index (χ0) is 23.3. The number of fused-ring (bicyclic) bond motifs is 1. The summed E-state index contributed by atoms with van der Waals surface area (Å²) in [6.45, 7) is 4.08. The number of nitrogens with two attached hydrogens (primary N) is 1. The number of hydrogen-bond acceptors (Lipinski definition) is 6. The summed E-state index contributed by atoms with van der Waals surface area (Å²) in [5, 5.41) is 10.2. The van der Waals surface area contributed by atoms with E-state index in [0.717, 1.165) is 15.9 Å². The molecule has 2 aliphatic heterocycles. The van der Waals surface area contributed by atoms with Crippen LogP contribution in [0.25, 0.3) is 0 Å². The molecule has 0 spiro atoms. The number of hydrogen-bond donors (Lipinski definition) is 1. The topological polar surface area (TPSA) is 96.4 Å². The fourth-order valence-corrected chi connectivity index (χ4v) is 6.51. The third-order valence-electron chi connectivity index (χ3n) is 7.27. The van der Waals surface area contributed by atoms with Gasteiger partial charge in [0.1, 0.15) is 11.6 Å². The molecule has 2 atom stereocenters. The van der Waals surface area contributed by atoms with Crippen LogP contribution < -0.4 is 10.6 Å². The van der Waals surface area contributed by atoms with Gasteiger partial charge < -0.3 is 15.4 Å². The Morgan fingerprint density at radius 2 is 1.79 bits per heavy atom. The zero-order valence-corrected chi connectivity index (χ0v) is 19.7. The molecular formula is C26H20BrN3O3. The zero-order valence-electron chi connectivity index (χ0n) is 18.1. The average Bonchev–Trinajstić information content (AvgIpc) is 3.24. The highest BCUT2D eigenvalue weighted by Gasteiger charge is 2.81. The average molecular weight is 502 g/mol. The van der Waals surface area contributed by atoms with Crippen LogP contribution in [0.15, 0.2) is 75.7 Å². The summed E-state index contributed by atoms with van der Waals surface area (Å²) in [6, 6.07) is 17.0. The molecular weight excluding hydrogens is 482 g/mol. The van der Waals surface area contributed by atoms with E-state index in [0.29, 0.717) is 23.1 Å². The lowest BCUT2D eigenvalue weighted by molar-refractivity contribution is -0.119. The number of allylic oxidation sites excluding steroid dienone is 1. The number of ketones is 2. The van der Waals surface area contributed by atoms with Crippen molar-refractivity contribution in [1.29, 1.82) is 5.26 Å². The summed E-state index contributed by atoms with van der Waals surface area (Å²) in [5.41, 5.74) is 5.81. The van der Waals surface area contributed by atoms with Crippen LogP contribution in [-0.4, -0.2) is 11.6 Å². The molecule has 0 bridgehead atoms. The molecule has 0 radical (unpaired) electrons. The first kappa shape index (κ1) is 20.3. The summed E-state index contributed by atoms with van der Waals surface area (Å²) in [6.07, 6.45) is 0.838. The van der Waals surface area contributed by atoms with E-state index in [-0.39, 0.29) is 34.9 Å². The lowest BCUT2D eigenvalue weighted by Gasteiger charge is -2.42. The molecule has 0 fully saturated rings. The predicted octanol–water partition coefficient (Wildman–Crippen LogP) is 4.67. The molecule has 6 nitrogen and oxygen atoms in total. The van der Waals surface area contributed by atoms with Gasteiger partial charge in [-0.15, -0.1) is 0 Å². The Morgan fingerprint density at radius 1 is 1.09 bits per heavy atom. The molecule has 2 aromatic carbocycles. The molecule has 0 saturated carbocycles. The standard InChI is InChI=1S/C26H20BrN3O3/c1-24(2)11-19-21(20(31)12-24)25-18(13-28)23(29)33-26(25,17-6-4-3-5-16(17)22(25)32)30(19)15-9-7-14(27)8-10-15/h3-10H,11-12,29H2,1-2H3/t25-,26-/m0/s1. The van der Waals surface area contributed by atoms with Crippen LogP contribution in [0.2, 0.25) is 0 Å². The smallest absolute Gasteiger partial charge is 0.238 e. The maximum Gasteiger partial charge on any atom is 0.238 e. The molecule has 6 rings (SSSR count). The molecule has 2 N–H and O–H groups in total. The SMILES string of the molecule is CC1(C)CC(=O)C2=C(C1)N(c1ccc(Br)cc1)[C@@]13OC(N)=C(C#N)[C@@]21C(=O)c1ccccc13. The van der Waals surface area contributed by atoms with Crippen LogP contribution in [0.1, 0.15) is 42.6 Å². The van der Waals surface area contributed by atoms with E-state index in [2.05, 4.69) is 22.0 Å². The Labute approximate surface area is 199 Å². The Kier molecular flexibility index (Phi) is 3.77. The maximum absolute atomic E-state index is 14.2. The molecule has 0 amide bonds. The number of Topliss-reactive ketones (excluding diaryl/α,β-unsaturated/α-hetero) is 2. The van der Waals surface area contributed by atoms with Crippen molar-refractivity contribution in [3.8, 4) is 6.07 Å². The number of nitriles is 1. The van der Waals surface area contributed by atoms with Gasteiger partial charge in [0, 0.05) is 39.0 Å². The van der Waals surface area contributed by atoms with E-state index in [1.54, 1.807) is 12.1 Å². The van der Waals surface area contributed by atoms with Crippen LogP contribution in [0.5, 0.6) is 0 Å². The summed E-state index contributed by atoms with van der Waals surface area (Å²) in [7, 11) is 0. The van der Waals surface area contributed by atoms with Crippen molar-refractivity contribution >= 4 is 33.2 Å². The highest BCUT2D eigenvalue weighted by molar-refractivity contribution is 9.10. The van der Waals surface area contributed by atoms with E-state index in [9.17, 15) is 14.9 Å². The molecule has 2 heterocycles. The minimum Gasteiger partial charge on any atom is -0.446 e. The van der Waals surface area contributed by atoms with Crippen LogP contribution >= 0.6 is 15.9 Å². The molecule has 0 aromatic heterocycles. The Bertz CT molecular complexity index is 1400. The van der Waals surface area contributed by atoms with Gasteiger partial charge >= 0.3 is 0 Å². The number of rotatable bonds is 1. The van der Waals surface area contributed by atoms with Crippen molar-refractivity contribution in [2.75, 3.05) is 4.90 Å². The first-order chi connectivity index (χ1) is 15.7. The third-order valence-corrected chi connectivity index (χ3v) is 7.80. The van der Waals surface area contributed by atoms with E-state index < -0.39 is 11.1 Å². The van der Waals surface area contributed by atoms with Crippen molar-refractivity contribution in [2.45, 2.75) is 32.4 Å². The predicted molar refractivity (Wildman–Crippen MR) is 124 cm³/mol. The molecule has 7 heteroatoms. The van der Waals surface area contributed by atoms with Gasteiger partial charge in [0.25, 0.3) is 0 Å². The molecule has 0 saturated heterocycles. The monoisotopic (exact) mass is 501 g/mol. The van der Waals surface area contributed by atoms with Crippen LogP contribution in [-0.2, 0) is 15.3 Å². The number of nitrogens with zero attached hydrogens (tertiary/aromatic N) is 2. The fraction of sp³-hybridized carbons (Fsp3) is 0.269. The van der Waals surface area contributed by atoms with Gasteiger partial charge in [-0.1, -0.05) is 54.0 Å². The van der Waals surface area contributed by atoms with Crippen molar-refractivity contribution in [3.63, 3.8) is 0 Å². The van der Waals surface area contributed by atoms with E-state index >= 15 is 0 Å². The Hall–Kier alpha value is -3.37. The first-order valence-corrected chi connectivity index (χ1v) is 11.5. The second kappa shape index (κ2) is 6.15. The Morgan fingerprint density at radius 3 is 2.48 bits per heavy atom. The number of carbonyl (C=O) groups is 2. The highest BCUT2D eigenvalue weighted by Crippen LogP contribution is 2.72. The van der Waals surface area contributed by atoms with Gasteiger partial charge in [-0.05, 0) is 36.1 Å². The van der Waals surface area contributed by atoms with Crippen molar-refractivity contribution in [3.05, 3.63) is 86.9 Å². The van der Waals surface area contributed by atoms with Gasteiger partial charge in [-0.25, -0.2) is 0 Å². The first-order valence-electron chi connectivity index (χ1n) is 10.8. The van der Waals surface area contributed by atoms with Crippen molar-refractivity contribution < 1.29 is 14.3 Å². The summed E-state index contributed by atoms with van der Waals surface area (Å²) in [4.78, 5) is 30.0. The number of carbonyl (C=O) groups excluding carboxylic acids is 2. The number of benzene rings is 2. The maximum atomic E-state index is 14.2. The Balaban J connectivity index is 1.79. The molecule has 164 valence electrons. The second-order valence-electron chi connectivity index (χ2n) is 9.80. The van der Waals surface area contributed by atoms with E-state index in [1.165, 1.54) is 0 Å². The molecule has 0 unspecified atom stereocenters. The lowest BCUT2D eigenvalue weighted by Crippen LogP contribution is -2.52. The second-order valence-corrected chi connectivity index (χ2v) is 10.7. The largest absolute Gasteiger partial charge is 0.446 e. The minimum absolute atomic E-state index is 0.0175. The minimum atomic E-state index is -1.62. The van der Waals surface area contributed by atoms with Crippen LogP contribution in [0, 0.1) is 22.2 Å². The molecule has 2 aromatic rings. The summed E-state index contributed by atoms with van der Waals surface area (Å²) >= 11 is 3.48. The summed E-state index contributed by atoms with van der Waals surface area (Å²) < 4.78 is 7.33. The van der Waals surface area contributed by atoms with E-state index in [1.807, 2.05) is 55.1 Å². The number of anilines is 1. The summed E-state index contributed by atoms with van der Waals surface area (Å²) in [5.74, 6) is -0.556.